The maximum Gasteiger partial charge on any atom is 0.335 e. The Kier molecular flexibility index (Phi) is 6.45. The van der Waals surface area contributed by atoms with E-state index in [1.165, 1.54) is 19.2 Å². The first-order valence-electron chi connectivity index (χ1n) is 8.75. The normalized spacial score (nSPS) is 14.7. The molecule has 2 aromatic rings. The summed E-state index contributed by atoms with van der Waals surface area (Å²) in [5.74, 6) is 1.74. The summed E-state index contributed by atoms with van der Waals surface area (Å²) in [6.07, 6.45) is 6.78. The van der Waals surface area contributed by atoms with E-state index in [1.54, 1.807) is 36.4 Å². The molecule has 1 N–H and O–H groups in total. The summed E-state index contributed by atoms with van der Waals surface area (Å²) in [5.41, 5.74) is 1.53. The van der Waals surface area contributed by atoms with E-state index in [1.807, 2.05) is 0 Å². The zero-order chi connectivity index (χ0) is 21.7. The maximum absolute atomic E-state index is 12.3. The molecule has 0 aliphatic carbocycles. The molecule has 1 saturated heterocycles. The zero-order valence-corrected chi connectivity index (χ0v) is 16.8. The number of thioether (sulfide) groups is 1. The molecule has 0 atom stereocenters. The minimum atomic E-state index is -1.01. The average Bonchev–Trinajstić information content (AvgIpc) is 3.00. The number of hydrogen-bond acceptors (Lipinski definition) is 6. The first-order chi connectivity index (χ1) is 14.4. The molecule has 0 aromatic heterocycles. The molecule has 2 aromatic carbocycles. The van der Waals surface area contributed by atoms with E-state index >= 15 is 0 Å². The maximum atomic E-state index is 12.3. The molecule has 0 saturated carbocycles. The molecule has 0 spiro atoms. The van der Waals surface area contributed by atoms with Gasteiger partial charge in [-0.2, -0.15) is 0 Å². The van der Waals surface area contributed by atoms with Crippen molar-refractivity contribution >= 4 is 35.0 Å². The Balaban J connectivity index is 1.76. The van der Waals surface area contributed by atoms with Crippen molar-refractivity contribution in [2.45, 2.75) is 6.61 Å². The summed E-state index contributed by atoms with van der Waals surface area (Å²) in [5, 5.41) is 8.68. The molecule has 0 radical (unpaired) electrons. The molecule has 2 amide bonds. The van der Waals surface area contributed by atoms with Crippen LogP contribution >= 0.6 is 11.8 Å². The number of ether oxygens (including phenoxy) is 2. The Bertz CT molecular complexity index is 1090. The standard InChI is InChI=1S/C22H17NO6S/c1-3-9-23-20(24)19(30-22(23)27)12-14-7-8-17(18(11-14)28-2)29-13-15-5-4-6-16(10-15)21(25)26/h1,4-8,10-12H,9,13H2,2H3,(H,25,26). The highest BCUT2D eigenvalue weighted by atomic mass is 32.2. The lowest BCUT2D eigenvalue weighted by atomic mass is 10.1. The van der Waals surface area contributed by atoms with Gasteiger partial charge in [0, 0.05) is 0 Å². The highest BCUT2D eigenvalue weighted by Crippen LogP contribution is 2.34. The third-order valence-corrected chi connectivity index (χ3v) is 5.08. The van der Waals surface area contributed by atoms with Gasteiger partial charge in [0.15, 0.2) is 11.5 Å². The van der Waals surface area contributed by atoms with Crippen molar-refractivity contribution in [3.05, 3.63) is 64.1 Å². The van der Waals surface area contributed by atoms with Crippen LogP contribution in [0.3, 0.4) is 0 Å². The second kappa shape index (κ2) is 9.20. The third kappa shape index (κ3) is 4.64. The number of imide groups is 1. The number of methoxy groups -OCH3 is 1. The summed E-state index contributed by atoms with van der Waals surface area (Å²) in [6, 6.07) is 11.5. The fourth-order valence-electron chi connectivity index (χ4n) is 2.73. The molecule has 30 heavy (non-hydrogen) atoms. The number of benzene rings is 2. The smallest absolute Gasteiger partial charge is 0.335 e. The number of carbonyl (C=O) groups excluding carboxylic acids is 2. The van der Waals surface area contributed by atoms with Gasteiger partial charge in [0.05, 0.1) is 24.1 Å². The van der Waals surface area contributed by atoms with Crippen LogP contribution < -0.4 is 9.47 Å². The first kappa shape index (κ1) is 21.0. The average molecular weight is 423 g/mol. The number of amides is 2. The fourth-order valence-corrected chi connectivity index (χ4v) is 3.57. The Morgan fingerprint density at radius 3 is 2.73 bits per heavy atom. The van der Waals surface area contributed by atoms with E-state index in [4.69, 9.17) is 21.0 Å². The number of hydrogen-bond donors (Lipinski definition) is 1. The van der Waals surface area contributed by atoms with Crippen molar-refractivity contribution in [2.24, 2.45) is 0 Å². The first-order valence-corrected chi connectivity index (χ1v) is 9.56. The second-order valence-electron chi connectivity index (χ2n) is 6.18. The van der Waals surface area contributed by atoms with E-state index in [0.29, 0.717) is 22.6 Å². The van der Waals surface area contributed by atoms with Crippen LogP contribution in [0.15, 0.2) is 47.4 Å². The van der Waals surface area contributed by atoms with Crippen LogP contribution in [0.2, 0.25) is 0 Å². The Labute approximate surface area is 177 Å². The molecule has 152 valence electrons. The van der Waals surface area contributed by atoms with E-state index in [2.05, 4.69) is 5.92 Å². The minimum absolute atomic E-state index is 0.0683. The van der Waals surface area contributed by atoms with Crippen LogP contribution in [0.4, 0.5) is 4.79 Å². The summed E-state index contributed by atoms with van der Waals surface area (Å²) in [4.78, 5) is 36.5. The van der Waals surface area contributed by atoms with Crippen LogP contribution in [0.5, 0.6) is 11.5 Å². The van der Waals surface area contributed by atoms with Crippen LogP contribution in [-0.4, -0.2) is 40.8 Å². The van der Waals surface area contributed by atoms with Crippen molar-refractivity contribution in [2.75, 3.05) is 13.7 Å². The van der Waals surface area contributed by atoms with Crippen molar-refractivity contribution < 1.29 is 29.0 Å². The fraction of sp³-hybridized carbons (Fsp3) is 0.136. The Hall–Kier alpha value is -3.70. The molecule has 3 rings (SSSR count). The summed E-state index contributed by atoms with van der Waals surface area (Å²) in [7, 11) is 1.48. The van der Waals surface area contributed by atoms with Gasteiger partial charge in [-0.15, -0.1) is 6.42 Å². The number of rotatable bonds is 7. The molecular weight excluding hydrogens is 406 g/mol. The number of carbonyl (C=O) groups is 3. The molecule has 7 nitrogen and oxygen atoms in total. The van der Waals surface area contributed by atoms with E-state index < -0.39 is 17.1 Å². The SMILES string of the molecule is C#CCN1C(=O)SC(=Cc2ccc(OCc3cccc(C(=O)O)c3)c(OC)c2)C1=O. The number of carboxylic acids is 1. The number of terminal acetylenes is 1. The topological polar surface area (TPSA) is 93.1 Å². The zero-order valence-electron chi connectivity index (χ0n) is 16.0. The highest BCUT2D eigenvalue weighted by Gasteiger charge is 2.34. The van der Waals surface area contributed by atoms with Crippen LogP contribution in [0.1, 0.15) is 21.5 Å². The van der Waals surface area contributed by atoms with Gasteiger partial charge in [-0.05, 0) is 53.2 Å². The van der Waals surface area contributed by atoms with Crippen molar-refractivity contribution in [3.8, 4) is 23.8 Å². The van der Waals surface area contributed by atoms with E-state index in [9.17, 15) is 14.4 Å². The molecule has 1 fully saturated rings. The summed E-state index contributed by atoms with van der Waals surface area (Å²) >= 11 is 0.828. The van der Waals surface area contributed by atoms with Gasteiger partial charge in [-0.25, -0.2) is 4.79 Å². The number of carboxylic acid groups (broad SMARTS) is 1. The lowest BCUT2D eigenvalue weighted by Gasteiger charge is -2.12. The third-order valence-electron chi connectivity index (χ3n) is 4.18. The molecular formula is C22H17NO6S. The minimum Gasteiger partial charge on any atom is -0.493 e. The number of aromatic carboxylic acids is 1. The molecule has 0 bridgehead atoms. The van der Waals surface area contributed by atoms with Crippen molar-refractivity contribution in [3.63, 3.8) is 0 Å². The quantitative estimate of drug-likeness (QED) is 0.537. The van der Waals surface area contributed by atoms with Gasteiger partial charge in [0.2, 0.25) is 0 Å². The van der Waals surface area contributed by atoms with Gasteiger partial charge < -0.3 is 14.6 Å². The highest BCUT2D eigenvalue weighted by molar-refractivity contribution is 8.18. The monoisotopic (exact) mass is 423 g/mol. The summed E-state index contributed by atoms with van der Waals surface area (Å²) in [6.45, 7) is 0.0863. The Morgan fingerprint density at radius 2 is 2.03 bits per heavy atom. The lowest BCUT2D eigenvalue weighted by molar-refractivity contribution is -0.122. The lowest BCUT2D eigenvalue weighted by Crippen LogP contribution is -2.28. The van der Waals surface area contributed by atoms with Crippen LogP contribution in [0.25, 0.3) is 6.08 Å². The van der Waals surface area contributed by atoms with Crippen molar-refractivity contribution in [1.82, 2.24) is 4.90 Å². The molecule has 1 heterocycles. The Morgan fingerprint density at radius 1 is 1.23 bits per heavy atom. The van der Waals surface area contributed by atoms with Gasteiger partial charge in [-0.3, -0.25) is 14.5 Å². The van der Waals surface area contributed by atoms with Gasteiger partial charge >= 0.3 is 5.97 Å². The predicted octanol–water partition coefficient (Wildman–Crippen LogP) is 3.64. The number of nitrogens with zero attached hydrogens (tertiary/aromatic N) is 1. The predicted molar refractivity (Wildman–Crippen MR) is 112 cm³/mol. The molecule has 8 heteroatoms. The largest absolute Gasteiger partial charge is 0.493 e. The van der Waals surface area contributed by atoms with Crippen LogP contribution in [0, 0.1) is 12.3 Å². The molecule has 1 aliphatic rings. The summed E-state index contributed by atoms with van der Waals surface area (Å²) < 4.78 is 11.1. The molecule has 0 unspecified atom stereocenters. The second-order valence-corrected chi connectivity index (χ2v) is 7.17. The van der Waals surface area contributed by atoms with E-state index in [-0.39, 0.29) is 23.6 Å². The van der Waals surface area contributed by atoms with E-state index in [0.717, 1.165) is 16.7 Å². The van der Waals surface area contributed by atoms with Gasteiger partial charge in [0.1, 0.15) is 6.61 Å². The molecule has 1 aliphatic heterocycles. The van der Waals surface area contributed by atoms with Gasteiger partial charge in [-0.1, -0.05) is 24.1 Å². The van der Waals surface area contributed by atoms with Crippen molar-refractivity contribution in [1.29, 1.82) is 0 Å². The van der Waals surface area contributed by atoms with Crippen LogP contribution in [-0.2, 0) is 11.4 Å². The van der Waals surface area contributed by atoms with Gasteiger partial charge in [0.25, 0.3) is 11.1 Å².